The molecule has 2 saturated heterocycles. The van der Waals surface area contributed by atoms with Gasteiger partial charge in [0.1, 0.15) is 0 Å². The molecule has 1 atom stereocenters. The van der Waals surface area contributed by atoms with Crippen LogP contribution in [0.1, 0.15) is 19.3 Å². The number of ether oxygens (including phenoxy) is 1. The van der Waals surface area contributed by atoms with Crippen LogP contribution in [0.4, 0.5) is 4.79 Å². The fraction of sp³-hybridized carbons (Fsp3) is 0.818. The topological polar surface area (TPSA) is 49.9 Å². The van der Waals surface area contributed by atoms with E-state index in [1.54, 1.807) is 4.90 Å². The van der Waals surface area contributed by atoms with Crippen LogP contribution in [0.2, 0.25) is 0 Å². The maximum Gasteiger partial charge on any atom is 0.320 e. The number of carbonyl (C=O) groups is 2. The molecule has 0 aromatic rings. The summed E-state index contributed by atoms with van der Waals surface area (Å²) < 4.78 is 4.70. The van der Waals surface area contributed by atoms with Crippen LogP contribution in [0.5, 0.6) is 0 Å². The van der Waals surface area contributed by atoms with Gasteiger partial charge in [-0.3, -0.25) is 4.79 Å². The van der Waals surface area contributed by atoms with Gasteiger partial charge in [-0.15, -0.1) is 0 Å². The number of amides is 2. The quantitative estimate of drug-likeness (QED) is 0.618. The Balaban J connectivity index is 1.87. The molecule has 2 aliphatic heterocycles. The van der Waals surface area contributed by atoms with Crippen LogP contribution in [-0.2, 0) is 9.53 Å². The Kier molecular flexibility index (Phi) is 3.31. The molecule has 16 heavy (non-hydrogen) atoms. The van der Waals surface area contributed by atoms with Crippen molar-refractivity contribution in [2.75, 3.05) is 33.3 Å². The first kappa shape index (κ1) is 11.2. The minimum atomic E-state index is -0.197. The SMILES string of the molecule is COC(=O)C1CCN(C(=O)N2CCCC2)C1. The van der Waals surface area contributed by atoms with E-state index in [9.17, 15) is 9.59 Å². The molecule has 2 fully saturated rings. The Morgan fingerprint density at radius 1 is 1.12 bits per heavy atom. The van der Waals surface area contributed by atoms with Gasteiger partial charge in [-0.2, -0.15) is 0 Å². The second kappa shape index (κ2) is 4.72. The summed E-state index contributed by atoms with van der Waals surface area (Å²) in [4.78, 5) is 27.0. The summed E-state index contributed by atoms with van der Waals surface area (Å²) in [6.45, 7) is 2.91. The number of esters is 1. The van der Waals surface area contributed by atoms with E-state index in [2.05, 4.69) is 0 Å². The van der Waals surface area contributed by atoms with Crippen LogP contribution in [0.25, 0.3) is 0 Å². The third kappa shape index (κ3) is 2.13. The summed E-state index contributed by atoms with van der Waals surface area (Å²) in [5, 5.41) is 0. The Morgan fingerprint density at radius 2 is 1.81 bits per heavy atom. The van der Waals surface area contributed by atoms with Gasteiger partial charge in [-0.25, -0.2) is 4.79 Å². The Bertz CT molecular complexity index is 287. The molecule has 2 heterocycles. The zero-order chi connectivity index (χ0) is 11.5. The number of hydrogen-bond donors (Lipinski definition) is 0. The standard InChI is InChI=1S/C11H18N2O3/c1-16-10(14)9-4-7-13(8-9)11(15)12-5-2-3-6-12/h9H,2-8H2,1H3. The summed E-state index contributed by atoms with van der Waals surface area (Å²) in [7, 11) is 1.40. The fourth-order valence-corrected chi connectivity index (χ4v) is 2.40. The summed E-state index contributed by atoms with van der Waals surface area (Å²) >= 11 is 0. The van der Waals surface area contributed by atoms with Gasteiger partial charge in [-0.1, -0.05) is 0 Å². The van der Waals surface area contributed by atoms with Crippen LogP contribution in [0, 0.1) is 5.92 Å². The number of methoxy groups -OCH3 is 1. The van der Waals surface area contributed by atoms with Gasteiger partial charge in [0, 0.05) is 26.2 Å². The molecule has 90 valence electrons. The first-order chi connectivity index (χ1) is 7.72. The van der Waals surface area contributed by atoms with Crippen molar-refractivity contribution < 1.29 is 14.3 Å². The lowest BCUT2D eigenvalue weighted by Gasteiger charge is -2.23. The van der Waals surface area contributed by atoms with Crippen molar-refractivity contribution in [3.63, 3.8) is 0 Å². The molecule has 5 nitrogen and oxygen atoms in total. The highest BCUT2D eigenvalue weighted by atomic mass is 16.5. The smallest absolute Gasteiger partial charge is 0.320 e. The van der Waals surface area contributed by atoms with E-state index in [-0.39, 0.29) is 17.9 Å². The van der Waals surface area contributed by atoms with E-state index in [4.69, 9.17) is 4.74 Å². The minimum absolute atomic E-state index is 0.0869. The molecule has 0 spiro atoms. The van der Waals surface area contributed by atoms with E-state index in [0.29, 0.717) is 13.1 Å². The first-order valence-electron chi connectivity index (χ1n) is 5.84. The third-order valence-electron chi connectivity index (χ3n) is 3.37. The predicted octanol–water partition coefficient (Wildman–Crippen LogP) is 0.697. The number of urea groups is 1. The first-order valence-corrected chi connectivity index (χ1v) is 5.84. The second-order valence-electron chi connectivity index (χ2n) is 4.43. The van der Waals surface area contributed by atoms with Gasteiger partial charge in [0.05, 0.1) is 13.0 Å². The predicted molar refractivity (Wildman–Crippen MR) is 57.9 cm³/mol. The van der Waals surface area contributed by atoms with Gasteiger partial charge in [0.2, 0.25) is 0 Å². The van der Waals surface area contributed by atoms with E-state index < -0.39 is 0 Å². The molecule has 0 N–H and O–H groups in total. The highest BCUT2D eigenvalue weighted by Crippen LogP contribution is 2.20. The van der Waals surface area contributed by atoms with E-state index in [1.807, 2.05) is 4.90 Å². The average molecular weight is 226 g/mol. The summed E-state index contributed by atoms with van der Waals surface area (Å²) in [6, 6.07) is 0.0869. The maximum atomic E-state index is 12.0. The van der Waals surface area contributed by atoms with Gasteiger partial charge in [0.25, 0.3) is 0 Å². The van der Waals surface area contributed by atoms with Gasteiger partial charge in [-0.05, 0) is 19.3 Å². The molecule has 2 aliphatic rings. The number of likely N-dealkylation sites (tertiary alicyclic amines) is 2. The molecule has 0 bridgehead atoms. The maximum absolute atomic E-state index is 12.0. The molecule has 0 saturated carbocycles. The van der Waals surface area contributed by atoms with Crippen molar-refractivity contribution in [1.82, 2.24) is 9.80 Å². The van der Waals surface area contributed by atoms with E-state index in [0.717, 1.165) is 32.4 Å². The average Bonchev–Trinajstić information content (AvgIpc) is 2.97. The number of nitrogens with zero attached hydrogens (tertiary/aromatic N) is 2. The minimum Gasteiger partial charge on any atom is -0.469 e. The lowest BCUT2D eigenvalue weighted by Crippen LogP contribution is -2.40. The van der Waals surface area contributed by atoms with Crippen LogP contribution in [-0.4, -0.2) is 55.1 Å². The molecule has 2 rings (SSSR count). The Labute approximate surface area is 95.3 Å². The van der Waals surface area contributed by atoms with Crippen molar-refractivity contribution in [2.45, 2.75) is 19.3 Å². The van der Waals surface area contributed by atoms with Crippen molar-refractivity contribution in [1.29, 1.82) is 0 Å². The Morgan fingerprint density at radius 3 is 2.44 bits per heavy atom. The lowest BCUT2D eigenvalue weighted by molar-refractivity contribution is -0.144. The highest BCUT2D eigenvalue weighted by Gasteiger charge is 2.34. The van der Waals surface area contributed by atoms with Crippen LogP contribution < -0.4 is 0 Å². The van der Waals surface area contributed by atoms with E-state index in [1.165, 1.54) is 7.11 Å². The molecule has 0 aromatic carbocycles. The largest absolute Gasteiger partial charge is 0.469 e. The monoisotopic (exact) mass is 226 g/mol. The van der Waals surface area contributed by atoms with Crippen LogP contribution in [0.15, 0.2) is 0 Å². The number of rotatable bonds is 1. The number of carbonyl (C=O) groups excluding carboxylic acids is 2. The molecular formula is C11H18N2O3. The molecule has 2 amide bonds. The summed E-state index contributed by atoms with van der Waals surface area (Å²) in [5.41, 5.74) is 0. The van der Waals surface area contributed by atoms with Crippen molar-refractivity contribution >= 4 is 12.0 Å². The fourth-order valence-electron chi connectivity index (χ4n) is 2.40. The highest BCUT2D eigenvalue weighted by molar-refractivity contribution is 5.78. The lowest BCUT2D eigenvalue weighted by atomic mass is 10.1. The van der Waals surface area contributed by atoms with Crippen molar-refractivity contribution in [2.24, 2.45) is 5.92 Å². The molecule has 5 heteroatoms. The summed E-state index contributed by atoms with van der Waals surface area (Å²) in [5.74, 6) is -0.326. The van der Waals surface area contributed by atoms with Crippen molar-refractivity contribution in [3.05, 3.63) is 0 Å². The van der Waals surface area contributed by atoms with Gasteiger partial charge >= 0.3 is 12.0 Å². The van der Waals surface area contributed by atoms with Gasteiger partial charge < -0.3 is 14.5 Å². The zero-order valence-corrected chi connectivity index (χ0v) is 9.65. The molecular weight excluding hydrogens is 208 g/mol. The van der Waals surface area contributed by atoms with E-state index >= 15 is 0 Å². The number of hydrogen-bond acceptors (Lipinski definition) is 3. The van der Waals surface area contributed by atoms with Crippen LogP contribution in [0.3, 0.4) is 0 Å². The third-order valence-corrected chi connectivity index (χ3v) is 3.37. The normalized spacial score (nSPS) is 24.9. The van der Waals surface area contributed by atoms with Crippen molar-refractivity contribution in [3.8, 4) is 0 Å². The van der Waals surface area contributed by atoms with Crippen LogP contribution >= 0.6 is 0 Å². The molecule has 0 aromatic heterocycles. The zero-order valence-electron chi connectivity index (χ0n) is 9.65. The molecule has 1 unspecified atom stereocenters. The summed E-state index contributed by atoms with van der Waals surface area (Å²) in [6.07, 6.45) is 2.92. The second-order valence-corrected chi connectivity index (χ2v) is 4.43. The molecule has 0 aliphatic carbocycles. The Hall–Kier alpha value is -1.26. The molecule has 0 radical (unpaired) electrons. The van der Waals surface area contributed by atoms with Gasteiger partial charge in [0.15, 0.2) is 0 Å².